The Kier molecular flexibility index (Phi) is 4.95. The fraction of sp³-hybridized carbons (Fsp3) is 0.889. The van der Waals surface area contributed by atoms with Crippen LogP contribution in [-0.4, -0.2) is 29.7 Å². The average Bonchev–Trinajstić information content (AvgIpc) is 2.06. The first-order chi connectivity index (χ1) is 5.96. The number of aliphatic hydroxyl groups excluding tert-OH is 1. The van der Waals surface area contributed by atoms with Crippen LogP contribution in [0.15, 0.2) is 0 Å². The zero-order valence-electron chi connectivity index (χ0n) is 8.63. The topological polar surface area (TPSA) is 75.4 Å². The highest BCUT2D eigenvalue weighted by molar-refractivity contribution is 5.79. The average molecular weight is 188 g/mol. The van der Waals surface area contributed by atoms with Crippen molar-refractivity contribution in [3.05, 3.63) is 0 Å². The molecule has 0 fully saturated rings. The summed E-state index contributed by atoms with van der Waals surface area (Å²) < 4.78 is 0. The first kappa shape index (κ1) is 12.4. The van der Waals surface area contributed by atoms with Crippen molar-refractivity contribution in [2.24, 2.45) is 11.7 Å². The molecule has 0 aliphatic carbocycles. The van der Waals surface area contributed by atoms with Gasteiger partial charge in [0.15, 0.2) is 0 Å². The van der Waals surface area contributed by atoms with Crippen LogP contribution in [0.1, 0.15) is 27.2 Å². The lowest BCUT2D eigenvalue weighted by atomic mass is 10.0. The molecule has 13 heavy (non-hydrogen) atoms. The SMILES string of the molecule is CCC(CN)C(=O)NC(C)(C)CO. The third-order valence-electron chi connectivity index (χ3n) is 2.00. The van der Waals surface area contributed by atoms with E-state index in [4.69, 9.17) is 10.8 Å². The molecule has 0 rings (SSSR count). The van der Waals surface area contributed by atoms with Crippen molar-refractivity contribution in [3.63, 3.8) is 0 Å². The minimum Gasteiger partial charge on any atom is -0.394 e. The molecule has 0 spiro atoms. The summed E-state index contributed by atoms with van der Waals surface area (Å²) in [5.74, 6) is -0.227. The van der Waals surface area contributed by atoms with Gasteiger partial charge in [-0.15, -0.1) is 0 Å². The summed E-state index contributed by atoms with van der Waals surface area (Å²) in [6, 6.07) is 0. The molecule has 4 heteroatoms. The molecular weight excluding hydrogens is 168 g/mol. The lowest BCUT2D eigenvalue weighted by Gasteiger charge is -2.25. The van der Waals surface area contributed by atoms with E-state index in [2.05, 4.69) is 5.32 Å². The Bertz CT molecular complexity index is 165. The second kappa shape index (κ2) is 5.19. The monoisotopic (exact) mass is 188 g/mol. The molecule has 0 aromatic rings. The third kappa shape index (κ3) is 4.24. The predicted octanol–water partition coefficient (Wildman–Crippen LogP) is -0.142. The molecule has 0 aromatic heterocycles. The molecule has 1 amide bonds. The van der Waals surface area contributed by atoms with Crippen molar-refractivity contribution >= 4 is 5.91 Å². The number of carbonyl (C=O) groups is 1. The molecule has 0 heterocycles. The van der Waals surface area contributed by atoms with Crippen LogP contribution < -0.4 is 11.1 Å². The Morgan fingerprint density at radius 3 is 2.46 bits per heavy atom. The van der Waals surface area contributed by atoms with Crippen LogP contribution in [0.3, 0.4) is 0 Å². The quantitative estimate of drug-likeness (QED) is 0.562. The second-order valence-electron chi connectivity index (χ2n) is 3.87. The van der Waals surface area contributed by atoms with Crippen LogP contribution in [-0.2, 0) is 4.79 Å². The minimum absolute atomic E-state index is 0.0697. The number of nitrogens with two attached hydrogens (primary N) is 1. The van der Waals surface area contributed by atoms with Gasteiger partial charge in [0.2, 0.25) is 5.91 Å². The number of hydrogen-bond acceptors (Lipinski definition) is 3. The van der Waals surface area contributed by atoms with Gasteiger partial charge in [-0.3, -0.25) is 4.79 Å². The summed E-state index contributed by atoms with van der Waals surface area (Å²) in [6.45, 7) is 5.74. The number of amides is 1. The summed E-state index contributed by atoms with van der Waals surface area (Å²) in [5.41, 5.74) is 4.87. The largest absolute Gasteiger partial charge is 0.394 e. The molecule has 0 bridgehead atoms. The normalized spacial score (nSPS) is 13.9. The van der Waals surface area contributed by atoms with Crippen LogP contribution in [0.25, 0.3) is 0 Å². The van der Waals surface area contributed by atoms with Crippen molar-refractivity contribution in [2.45, 2.75) is 32.7 Å². The van der Waals surface area contributed by atoms with Gasteiger partial charge in [0.05, 0.1) is 12.1 Å². The first-order valence-electron chi connectivity index (χ1n) is 4.59. The maximum Gasteiger partial charge on any atom is 0.224 e. The lowest BCUT2D eigenvalue weighted by Crippen LogP contribution is -2.49. The molecule has 0 aliphatic rings. The van der Waals surface area contributed by atoms with Crippen LogP contribution >= 0.6 is 0 Å². The third-order valence-corrected chi connectivity index (χ3v) is 2.00. The van der Waals surface area contributed by atoms with Crippen molar-refractivity contribution < 1.29 is 9.90 Å². The number of aliphatic hydroxyl groups is 1. The molecule has 4 nitrogen and oxygen atoms in total. The van der Waals surface area contributed by atoms with E-state index in [1.165, 1.54) is 0 Å². The molecule has 0 aromatic carbocycles. The Labute approximate surface area is 79.5 Å². The van der Waals surface area contributed by atoms with E-state index in [1.807, 2.05) is 6.92 Å². The summed E-state index contributed by atoms with van der Waals surface area (Å²) in [6.07, 6.45) is 0.726. The van der Waals surface area contributed by atoms with Gasteiger partial charge < -0.3 is 16.2 Å². The van der Waals surface area contributed by atoms with E-state index in [0.717, 1.165) is 6.42 Å². The molecule has 78 valence electrons. The van der Waals surface area contributed by atoms with E-state index in [9.17, 15) is 4.79 Å². The van der Waals surface area contributed by atoms with Gasteiger partial charge in [-0.2, -0.15) is 0 Å². The number of rotatable bonds is 5. The maximum atomic E-state index is 11.5. The molecule has 0 saturated carbocycles. The molecule has 0 radical (unpaired) electrons. The maximum absolute atomic E-state index is 11.5. The van der Waals surface area contributed by atoms with Gasteiger partial charge >= 0.3 is 0 Å². The van der Waals surface area contributed by atoms with Crippen molar-refractivity contribution in [1.29, 1.82) is 0 Å². The van der Waals surface area contributed by atoms with Gasteiger partial charge in [0.25, 0.3) is 0 Å². The first-order valence-corrected chi connectivity index (χ1v) is 4.59. The predicted molar refractivity (Wildman–Crippen MR) is 52.1 cm³/mol. The number of carbonyl (C=O) groups excluding carboxylic acids is 1. The number of hydrogen-bond donors (Lipinski definition) is 3. The van der Waals surface area contributed by atoms with E-state index in [1.54, 1.807) is 13.8 Å². The molecular formula is C9H20N2O2. The van der Waals surface area contributed by atoms with Gasteiger partial charge in [-0.1, -0.05) is 6.92 Å². The Hall–Kier alpha value is -0.610. The Morgan fingerprint density at radius 1 is 1.62 bits per heavy atom. The van der Waals surface area contributed by atoms with E-state index >= 15 is 0 Å². The second-order valence-corrected chi connectivity index (χ2v) is 3.87. The van der Waals surface area contributed by atoms with Gasteiger partial charge in [-0.05, 0) is 20.3 Å². The lowest BCUT2D eigenvalue weighted by molar-refractivity contribution is -0.126. The minimum atomic E-state index is -0.556. The van der Waals surface area contributed by atoms with Crippen molar-refractivity contribution in [2.75, 3.05) is 13.2 Å². The Morgan fingerprint density at radius 2 is 2.15 bits per heavy atom. The van der Waals surface area contributed by atoms with E-state index in [-0.39, 0.29) is 18.4 Å². The highest BCUT2D eigenvalue weighted by atomic mass is 16.3. The highest BCUT2D eigenvalue weighted by Gasteiger charge is 2.23. The van der Waals surface area contributed by atoms with Crippen LogP contribution in [0.4, 0.5) is 0 Å². The fourth-order valence-corrected chi connectivity index (χ4v) is 0.934. The summed E-state index contributed by atoms with van der Waals surface area (Å²) in [7, 11) is 0. The zero-order valence-corrected chi connectivity index (χ0v) is 8.63. The van der Waals surface area contributed by atoms with Crippen LogP contribution in [0, 0.1) is 5.92 Å². The Balaban J connectivity index is 4.13. The molecule has 1 unspecified atom stereocenters. The van der Waals surface area contributed by atoms with E-state index < -0.39 is 5.54 Å². The van der Waals surface area contributed by atoms with Crippen molar-refractivity contribution in [1.82, 2.24) is 5.32 Å². The zero-order chi connectivity index (χ0) is 10.5. The molecule has 0 aliphatic heterocycles. The summed E-state index contributed by atoms with van der Waals surface area (Å²) in [4.78, 5) is 11.5. The van der Waals surface area contributed by atoms with Gasteiger partial charge in [0, 0.05) is 12.5 Å². The molecule has 1 atom stereocenters. The summed E-state index contributed by atoms with van der Waals surface area (Å²) >= 11 is 0. The fourth-order valence-electron chi connectivity index (χ4n) is 0.934. The van der Waals surface area contributed by atoms with Crippen molar-refractivity contribution in [3.8, 4) is 0 Å². The van der Waals surface area contributed by atoms with Crippen LogP contribution in [0.5, 0.6) is 0 Å². The van der Waals surface area contributed by atoms with Crippen LogP contribution in [0.2, 0.25) is 0 Å². The highest BCUT2D eigenvalue weighted by Crippen LogP contribution is 2.05. The van der Waals surface area contributed by atoms with Gasteiger partial charge in [0.1, 0.15) is 0 Å². The summed E-state index contributed by atoms with van der Waals surface area (Å²) in [5, 5.41) is 11.7. The standard InChI is InChI=1S/C9H20N2O2/c1-4-7(5-10)8(13)11-9(2,3)6-12/h7,12H,4-6,10H2,1-3H3,(H,11,13). The number of nitrogens with one attached hydrogen (secondary N) is 1. The molecule has 4 N–H and O–H groups in total. The molecule has 0 saturated heterocycles. The smallest absolute Gasteiger partial charge is 0.224 e. The van der Waals surface area contributed by atoms with E-state index in [0.29, 0.717) is 6.54 Å². The van der Waals surface area contributed by atoms with Gasteiger partial charge in [-0.25, -0.2) is 0 Å².